The van der Waals surface area contributed by atoms with Crippen molar-refractivity contribution in [3.8, 4) is 16.5 Å². The average Bonchev–Trinajstić information content (AvgIpc) is 3.23. The Bertz CT molecular complexity index is 774. The molecule has 0 amide bonds. The zero-order valence-electron chi connectivity index (χ0n) is 12.7. The van der Waals surface area contributed by atoms with Crippen molar-refractivity contribution >= 4 is 23.1 Å². The molecule has 0 spiro atoms. The van der Waals surface area contributed by atoms with Crippen LogP contribution >= 0.6 is 23.1 Å². The third kappa shape index (κ3) is 3.73. The van der Waals surface area contributed by atoms with Gasteiger partial charge < -0.3 is 9.26 Å². The first-order valence-corrected chi connectivity index (χ1v) is 8.91. The summed E-state index contributed by atoms with van der Waals surface area (Å²) < 4.78 is 24.0. The largest absolute Gasteiger partial charge is 0.496 e. The number of rotatable bonds is 6. The van der Waals surface area contributed by atoms with Gasteiger partial charge in [-0.05, 0) is 36.6 Å². The predicted molar refractivity (Wildman–Crippen MR) is 90.3 cm³/mol. The third-order valence-corrected chi connectivity index (χ3v) is 5.31. The first-order valence-electron chi connectivity index (χ1n) is 6.99. The normalized spacial score (nSPS) is 12.3. The molecule has 0 saturated carbocycles. The quantitative estimate of drug-likeness (QED) is 0.630. The number of aromatic nitrogens is 2. The number of ether oxygens (including phenoxy) is 1. The molecule has 0 saturated heterocycles. The van der Waals surface area contributed by atoms with Gasteiger partial charge in [0.1, 0.15) is 11.6 Å². The van der Waals surface area contributed by atoms with Crippen LogP contribution in [0.5, 0.6) is 5.75 Å². The first-order chi connectivity index (χ1) is 11.2. The number of methoxy groups -OCH3 is 1. The van der Waals surface area contributed by atoms with Crippen molar-refractivity contribution in [1.29, 1.82) is 0 Å². The Balaban J connectivity index is 1.68. The fourth-order valence-electron chi connectivity index (χ4n) is 2.05. The second-order valence-corrected chi connectivity index (χ2v) is 7.12. The predicted octanol–water partition coefficient (Wildman–Crippen LogP) is 4.94. The molecule has 0 radical (unpaired) electrons. The molecule has 0 N–H and O–H groups in total. The molecule has 1 atom stereocenters. The molecule has 2 heterocycles. The van der Waals surface area contributed by atoms with Gasteiger partial charge in [0, 0.05) is 11.3 Å². The number of thioether (sulfide) groups is 1. The van der Waals surface area contributed by atoms with Crippen LogP contribution in [-0.4, -0.2) is 17.3 Å². The summed E-state index contributed by atoms with van der Waals surface area (Å²) in [4.78, 5) is 5.41. The van der Waals surface area contributed by atoms with Crippen LogP contribution < -0.4 is 4.74 Å². The molecule has 1 aromatic carbocycles. The molecule has 3 rings (SSSR count). The highest BCUT2D eigenvalue weighted by Crippen LogP contribution is 2.34. The first kappa shape index (κ1) is 16.0. The number of thiophene rings is 1. The molecule has 4 nitrogen and oxygen atoms in total. The Morgan fingerprint density at radius 1 is 1.39 bits per heavy atom. The monoisotopic (exact) mass is 350 g/mol. The lowest BCUT2D eigenvalue weighted by Crippen LogP contribution is -1.94. The molecular formula is C16H15FN2O2S2. The van der Waals surface area contributed by atoms with Crippen LogP contribution in [-0.2, 0) is 5.75 Å². The zero-order chi connectivity index (χ0) is 16.2. The van der Waals surface area contributed by atoms with Gasteiger partial charge in [-0.1, -0.05) is 11.2 Å². The SMILES string of the molecule is COc1ccc(F)cc1CSC(C)c1nc(-c2cccs2)no1. The van der Waals surface area contributed by atoms with Gasteiger partial charge in [-0.2, -0.15) is 4.98 Å². The summed E-state index contributed by atoms with van der Waals surface area (Å²) in [6, 6.07) is 8.42. The second kappa shape index (κ2) is 7.14. The molecule has 0 bridgehead atoms. The van der Waals surface area contributed by atoms with E-state index < -0.39 is 0 Å². The second-order valence-electron chi connectivity index (χ2n) is 4.84. The van der Waals surface area contributed by atoms with Crippen molar-refractivity contribution in [2.45, 2.75) is 17.9 Å². The van der Waals surface area contributed by atoms with Crippen molar-refractivity contribution in [2.75, 3.05) is 7.11 Å². The Hall–Kier alpha value is -1.86. The topological polar surface area (TPSA) is 48.2 Å². The van der Waals surface area contributed by atoms with Crippen LogP contribution in [0.25, 0.3) is 10.7 Å². The Kier molecular flexibility index (Phi) is 4.97. The molecule has 2 aromatic heterocycles. The minimum Gasteiger partial charge on any atom is -0.496 e. The minimum atomic E-state index is -0.271. The summed E-state index contributed by atoms with van der Waals surface area (Å²) >= 11 is 3.16. The standard InChI is InChI=1S/C16H15FN2O2S2/c1-10(16-18-15(19-21-16)14-4-3-7-22-14)23-9-11-8-12(17)5-6-13(11)20-2/h3-8,10H,9H2,1-2H3. The highest BCUT2D eigenvalue weighted by atomic mass is 32.2. The van der Waals surface area contributed by atoms with Crippen LogP contribution in [0.2, 0.25) is 0 Å². The van der Waals surface area contributed by atoms with Gasteiger partial charge in [-0.15, -0.1) is 23.1 Å². The molecule has 23 heavy (non-hydrogen) atoms. The third-order valence-electron chi connectivity index (χ3n) is 3.26. The van der Waals surface area contributed by atoms with Gasteiger partial charge in [-0.3, -0.25) is 0 Å². The van der Waals surface area contributed by atoms with Crippen molar-refractivity contribution in [1.82, 2.24) is 10.1 Å². The summed E-state index contributed by atoms with van der Waals surface area (Å²) in [7, 11) is 1.58. The molecule has 0 aliphatic rings. The van der Waals surface area contributed by atoms with Gasteiger partial charge in [0.25, 0.3) is 0 Å². The van der Waals surface area contributed by atoms with E-state index in [1.54, 1.807) is 36.3 Å². The van der Waals surface area contributed by atoms with Crippen molar-refractivity contribution < 1.29 is 13.7 Å². The number of benzene rings is 1. The summed E-state index contributed by atoms with van der Waals surface area (Å²) in [6.45, 7) is 1.99. The molecule has 0 fully saturated rings. The van der Waals surface area contributed by atoms with Gasteiger partial charge >= 0.3 is 0 Å². The maximum atomic E-state index is 13.4. The molecule has 1 unspecified atom stereocenters. The van der Waals surface area contributed by atoms with Crippen LogP contribution in [0.15, 0.2) is 40.2 Å². The van der Waals surface area contributed by atoms with E-state index in [1.807, 2.05) is 24.4 Å². The van der Waals surface area contributed by atoms with E-state index in [0.717, 1.165) is 10.4 Å². The van der Waals surface area contributed by atoms with Crippen LogP contribution in [0.4, 0.5) is 4.39 Å². The number of nitrogens with zero attached hydrogens (tertiary/aromatic N) is 2. The van der Waals surface area contributed by atoms with Crippen LogP contribution in [0, 0.1) is 5.82 Å². The summed E-state index contributed by atoms with van der Waals surface area (Å²) in [5, 5.41) is 5.98. The van der Waals surface area contributed by atoms with E-state index in [9.17, 15) is 4.39 Å². The van der Waals surface area contributed by atoms with Gasteiger partial charge in [-0.25, -0.2) is 4.39 Å². The average molecular weight is 350 g/mol. The van der Waals surface area contributed by atoms with E-state index in [2.05, 4.69) is 10.1 Å². The van der Waals surface area contributed by atoms with E-state index in [4.69, 9.17) is 9.26 Å². The number of hydrogen-bond acceptors (Lipinski definition) is 6. The van der Waals surface area contributed by atoms with Gasteiger partial charge in [0.05, 0.1) is 17.2 Å². The fourth-order valence-corrected chi connectivity index (χ4v) is 3.59. The molecule has 0 aliphatic carbocycles. The lowest BCUT2D eigenvalue weighted by atomic mass is 10.2. The molecule has 120 valence electrons. The van der Waals surface area contributed by atoms with E-state index in [-0.39, 0.29) is 11.1 Å². The maximum Gasteiger partial charge on any atom is 0.239 e. The molecule has 7 heteroatoms. The summed E-state index contributed by atoms with van der Waals surface area (Å²) in [5.74, 6) is 2.17. The highest BCUT2D eigenvalue weighted by molar-refractivity contribution is 7.98. The number of hydrogen-bond donors (Lipinski definition) is 0. The fraction of sp³-hybridized carbons (Fsp3) is 0.250. The van der Waals surface area contributed by atoms with Gasteiger partial charge in [0.2, 0.25) is 11.7 Å². The zero-order valence-corrected chi connectivity index (χ0v) is 14.3. The summed E-state index contributed by atoms with van der Waals surface area (Å²) in [5.41, 5.74) is 0.808. The maximum absolute atomic E-state index is 13.4. The summed E-state index contributed by atoms with van der Waals surface area (Å²) in [6.07, 6.45) is 0. The van der Waals surface area contributed by atoms with E-state index >= 15 is 0 Å². The lowest BCUT2D eigenvalue weighted by Gasteiger charge is -2.10. The molecule has 0 aliphatic heterocycles. The van der Waals surface area contributed by atoms with Crippen molar-refractivity contribution in [3.05, 3.63) is 53.0 Å². The smallest absolute Gasteiger partial charge is 0.239 e. The Labute approximate surface area is 141 Å². The van der Waals surface area contributed by atoms with E-state index in [0.29, 0.717) is 23.2 Å². The highest BCUT2D eigenvalue weighted by Gasteiger charge is 2.17. The van der Waals surface area contributed by atoms with Crippen molar-refractivity contribution in [2.24, 2.45) is 0 Å². The molecule has 3 aromatic rings. The van der Waals surface area contributed by atoms with Crippen molar-refractivity contribution in [3.63, 3.8) is 0 Å². The molecular weight excluding hydrogens is 335 g/mol. The van der Waals surface area contributed by atoms with Crippen LogP contribution in [0.1, 0.15) is 23.6 Å². The van der Waals surface area contributed by atoms with E-state index in [1.165, 1.54) is 12.1 Å². The Morgan fingerprint density at radius 3 is 3.00 bits per heavy atom. The lowest BCUT2D eigenvalue weighted by molar-refractivity contribution is 0.381. The minimum absolute atomic E-state index is 0.00388. The van der Waals surface area contributed by atoms with Crippen LogP contribution in [0.3, 0.4) is 0 Å². The number of halogens is 1. The Morgan fingerprint density at radius 2 is 2.26 bits per heavy atom. The van der Waals surface area contributed by atoms with Gasteiger partial charge in [0.15, 0.2) is 0 Å².